The van der Waals surface area contributed by atoms with E-state index in [0.717, 1.165) is 32.4 Å². The van der Waals surface area contributed by atoms with E-state index in [1.807, 2.05) is 43.3 Å². The Morgan fingerprint density at radius 2 is 1.88 bits per heavy atom. The van der Waals surface area contributed by atoms with Crippen molar-refractivity contribution >= 4 is 91.1 Å². The lowest BCUT2D eigenvalue weighted by Gasteiger charge is -2.17. The van der Waals surface area contributed by atoms with Crippen molar-refractivity contribution in [2.75, 3.05) is 11.9 Å². The van der Waals surface area contributed by atoms with Gasteiger partial charge in [0.2, 0.25) is 0 Å². The van der Waals surface area contributed by atoms with Gasteiger partial charge in [0.05, 0.1) is 21.6 Å². The molecule has 0 saturated carbocycles. The van der Waals surface area contributed by atoms with Crippen LogP contribution in [-0.4, -0.2) is 27.9 Å². The first kappa shape index (κ1) is 30.9. The molecule has 41 heavy (non-hydrogen) atoms. The van der Waals surface area contributed by atoms with Crippen LogP contribution in [0.2, 0.25) is 10.0 Å². The number of anilines is 1. The molecule has 3 aromatic rings. The van der Waals surface area contributed by atoms with E-state index >= 15 is 0 Å². The molecule has 7 nitrogen and oxygen atoms in total. The summed E-state index contributed by atoms with van der Waals surface area (Å²) in [7, 11) is 0. The molecule has 3 aromatic carbocycles. The van der Waals surface area contributed by atoms with Crippen molar-refractivity contribution in [1.82, 2.24) is 10.4 Å². The highest BCUT2D eigenvalue weighted by Crippen LogP contribution is 2.37. The smallest absolute Gasteiger partial charge is 0.338 e. The molecule has 1 fully saturated rings. The average Bonchev–Trinajstić information content (AvgIpc) is 3.18. The maximum absolute atomic E-state index is 13.2. The van der Waals surface area contributed by atoms with Crippen molar-refractivity contribution in [2.24, 2.45) is 0 Å². The van der Waals surface area contributed by atoms with Crippen LogP contribution in [0.3, 0.4) is 0 Å². The minimum Gasteiger partial charge on any atom is -0.490 e. The summed E-state index contributed by atoms with van der Waals surface area (Å²) in [5.74, 6) is 0.688. The fourth-order valence-electron chi connectivity index (χ4n) is 3.79. The van der Waals surface area contributed by atoms with Crippen LogP contribution in [0.4, 0.5) is 10.5 Å². The lowest BCUT2D eigenvalue weighted by Crippen LogP contribution is -2.46. The molecule has 0 unspecified atom stereocenters. The lowest BCUT2D eigenvalue weighted by atomic mass is 10.0. The Bertz CT molecular complexity index is 1530. The molecular formula is C29H24BrCl2N3O4S2. The Labute approximate surface area is 266 Å². The van der Waals surface area contributed by atoms with Crippen molar-refractivity contribution in [3.8, 4) is 11.5 Å². The number of hydrazine groups is 1. The molecule has 2 N–H and O–H groups in total. The number of nitrogens with one attached hydrogen (secondary N) is 2. The van der Waals surface area contributed by atoms with E-state index in [0.29, 0.717) is 52.3 Å². The number of hydrogen-bond donors (Lipinski definition) is 2. The number of amides is 3. The molecule has 1 heterocycles. The Balaban J connectivity index is 1.54. The Morgan fingerprint density at radius 1 is 1.12 bits per heavy atom. The zero-order chi connectivity index (χ0) is 29.5. The van der Waals surface area contributed by atoms with Crippen LogP contribution in [0.5, 0.6) is 11.5 Å². The number of ether oxygens (including phenoxy) is 2. The number of carbonyl (C=O) groups excluding carboxylic acids is 2. The first-order valence-corrected chi connectivity index (χ1v) is 15.0. The number of allylic oxidation sites excluding steroid dienone is 1. The van der Waals surface area contributed by atoms with E-state index in [-0.39, 0.29) is 9.34 Å². The number of urea groups is 1. The number of rotatable bonds is 10. The summed E-state index contributed by atoms with van der Waals surface area (Å²) in [4.78, 5) is 26.1. The highest BCUT2D eigenvalue weighted by molar-refractivity contribution is 9.10. The largest absolute Gasteiger partial charge is 0.490 e. The van der Waals surface area contributed by atoms with E-state index in [4.69, 9.17) is 44.9 Å². The minimum absolute atomic E-state index is 0.177. The average molecular weight is 693 g/mol. The monoisotopic (exact) mass is 691 g/mol. The van der Waals surface area contributed by atoms with Crippen molar-refractivity contribution in [2.45, 2.75) is 20.0 Å². The molecule has 0 radical (unpaired) electrons. The fourth-order valence-corrected chi connectivity index (χ4v) is 5.53. The van der Waals surface area contributed by atoms with Gasteiger partial charge in [0, 0.05) is 15.7 Å². The first-order valence-electron chi connectivity index (χ1n) is 12.3. The van der Waals surface area contributed by atoms with Crippen molar-refractivity contribution in [3.05, 3.63) is 103 Å². The summed E-state index contributed by atoms with van der Waals surface area (Å²) in [6.07, 6.45) is 4.00. The van der Waals surface area contributed by atoms with Crippen LogP contribution < -0.4 is 20.2 Å². The predicted octanol–water partition coefficient (Wildman–Crippen LogP) is 8.40. The van der Waals surface area contributed by atoms with Crippen LogP contribution >= 0.6 is 63.1 Å². The van der Waals surface area contributed by atoms with Crippen molar-refractivity contribution in [3.63, 3.8) is 0 Å². The highest BCUT2D eigenvalue weighted by atomic mass is 79.9. The van der Waals surface area contributed by atoms with Gasteiger partial charge in [-0.2, -0.15) is 5.01 Å². The second-order valence-electron chi connectivity index (χ2n) is 8.56. The van der Waals surface area contributed by atoms with Gasteiger partial charge in [0.1, 0.15) is 6.61 Å². The normalized spacial score (nSPS) is 13.9. The lowest BCUT2D eigenvalue weighted by molar-refractivity contribution is -0.123. The van der Waals surface area contributed by atoms with Gasteiger partial charge in [0.15, 0.2) is 15.8 Å². The molecular weight excluding hydrogens is 669 g/mol. The van der Waals surface area contributed by atoms with E-state index in [1.165, 1.54) is 6.07 Å². The number of halogens is 3. The standard InChI is InChI=1S/C29H24BrCl2N3O4S2/c1-3-5-19-12-18(13-24(38-4-2)26(19)39-16-17-6-8-20(30)9-7-17)14-25-27(36)35(29(40)41-25)34-28(37)33-21-10-11-22(31)23(32)15-21/h3,6-15H,1,4-5,16H2,2H3,(H2,33,34,37)/b25-14-. The molecule has 0 spiro atoms. The topological polar surface area (TPSA) is 79.9 Å². The second kappa shape index (κ2) is 14.2. The van der Waals surface area contributed by atoms with Crippen LogP contribution in [0.1, 0.15) is 23.6 Å². The number of nitrogens with zero attached hydrogens (tertiary/aromatic N) is 1. The maximum Gasteiger partial charge on any atom is 0.338 e. The van der Waals surface area contributed by atoms with Crippen LogP contribution in [-0.2, 0) is 17.8 Å². The molecule has 1 aliphatic heterocycles. The number of hydrogen-bond acceptors (Lipinski definition) is 6. The van der Waals surface area contributed by atoms with Gasteiger partial charge in [0.25, 0.3) is 5.91 Å². The molecule has 3 amide bonds. The van der Waals surface area contributed by atoms with Gasteiger partial charge in [-0.1, -0.05) is 69.1 Å². The Hall–Kier alpha value is -3.02. The zero-order valence-electron chi connectivity index (χ0n) is 21.7. The Morgan fingerprint density at radius 3 is 2.56 bits per heavy atom. The van der Waals surface area contributed by atoms with E-state index in [2.05, 4.69) is 33.3 Å². The van der Waals surface area contributed by atoms with E-state index in [1.54, 1.807) is 24.3 Å². The van der Waals surface area contributed by atoms with Crippen LogP contribution in [0.15, 0.2) is 76.6 Å². The zero-order valence-corrected chi connectivity index (χ0v) is 26.4. The molecule has 0 bridgehead atoms. The number of thiocarbonyl (C=S) groups is 1. The highest BCUT2D eigenvalue weighted by Gasteiger charge is 2.34. The quantitative estimate of drug-likeness (QED) is 0.126. The molecule has 0 atom stereocenters. The Kier molecular flexibility index (Phi) is 10.7. The van der Waals surface area contributed by atoms with Gasteiger partial charge < -0.3 is 14.8 Å². The van der Waals surface area contributed by atoms with Crippen LogP contribution in [0, 0.1) is 0 Å². The SMILES string of the molecule is C=CCc1cc(/C=C2\SC(=S)N(NC(=O)Nc3ccc(Cl)c(Cl)c3)C2=O)cc(OCC)c1OCc1ccc(Br)cc1. The fraction of sp³-hybridized carbons (Fsp3) is 0.138. The summed E-state index contributed by atoms with van der Waals surface area (Å²) in [5.41, 5.74) is 5.44. The number of benzene rings is 3. The molecule has 12 heteroatoms. The van der Waals surface area contributed by atoms with E-state index in [9.17, 15) is 9.59 Å². The third kappa shape index (κ3) is 8.05. The molecule has 212 valence electrons. The summed E-state index contributed by atoms with van der Waals surface area (Å²) < 4.78 is 13.3. The van der Waals surface area contributed by atoms with Crippen molar-refractivity contribution < 1.29 is 19.1 Å². The van der Waals surface area contributed by atoms with Gasteiger partial charge in [-0.3, -0.25) is 4.79 Å². The number of carbonyl (C=O) groups is 2. The molecule has 1 aliphatic rings. The summed E-state index contributed by atoms with van der Waals surface area (Å²) >= 11 is 21.8. The molecule has 0 aromatic heterocycles. The second-order valence-corrected chi connectivity index (χ2v) is 12.0. The predicted molar refractivity (Wildman–Crippen MR) is 174 cm³/mol. The van der Waals surface area contributed by atoms with Crippen molar-refractivity contribution in [1.29, 1.82) is 0 Å². The molecule has 0 aliphatic carbocycles. The summed E-state index contributed by atoms with van der Waals surface area (Å²) in [5, 5.41) is 4.25. The van der Waals surface area contributed by atoms with Gasteiger partial charge >= 0.3 is 6.03 Å². The third-order valence-electron chi connectivity index (χ3n) is 5.60. The molecule has 4 rings (SSSR count). The van der Waals surface area contributed by atoms with Gasteiger partial charge in [-0.05, 0) is 85.2 Å². The maximum atomic E-state index is 13.2. The summed E-state index contributed by atoms with van der Waals surface area (Å²) in [6.45, 7) is 6.54. The number of thioether (sulfide) groups is 1. The van der Waals surface area contributed by atoms with Gasteiger partial charge in [-0.25, -0.2) is 10.2 Å². The molecule has 1 saturated heterocycles. The summed E-state index contributed by atoms with van der Waals surface area (Å²) in [6, 6.07) is 15.6. The van der Waals surface area contributed by atoms with Crippen LogP contribution in [0.25, 0.3) is 6.08 Å². The first-order chi connectivity index (χ1) is 19.7. The minimum atomic E-state index is -0.667. The third-order valence-corrected chi connectivity index (χ3v) is 8.17. The van der Waals surface area contributed by atoms with Gasteiger partial charge in [-0.15, -0.1) is 6.58 Å². The van der Waals surface area contributed by atoms with E-state index < -0.39 is 11.9 Å².